The molecule has 1 saturated carbocycles. The third kappa shape index (κ3) is 3.11. The molecule has 1 aliphatic rings. The summed E-state index contributed by atoms with van der Waals surface area (Å²) in [5.41, 5.74) is 2.59. The van der Waals surface area contributed by atoms with Gasteiger partial charge >= 0.3 is 0 Å². The van der Waals surface area contributed by atoms with E-state index in [0.29, 0.717) is 23.3 Å². The summed E-state index contributed by atoms with van der Waals surface area (Å²) in [4.78, 5) is 31.5. The van der Waals surface area contributed by atoms with Crippen molar-refractivity contribution in [1.29, 1.82) is 0 Å². The Bertz CT molecular complexity index is 1070. The van der Waals surface area contributed by atoms with E-state index < -0.39 is 0 Å². The van der Waals surface area contributed by atoms with Gasteiger partial charge in [-0.2, -0.15) is 10.2 Å². The number of amides is 1. The zero-order valence-electron chi connectivity index (χ0n) is 15.9. The first-order valence-corrected chi connectivity index (χ1v) is 9.24. The van der Waals surface area contributed by atoms with Gasteiger partial charge < -0.3 is 4.90 Å². The fourth-order valence-corrected chi connectivity index (χ4v) is 3.87. The van der Waals surface area contributed by atoms with Crippen LogP contribution in [0.25, 0.3) is 16.8 Å². The topological polar surface area (TPSA) is 85.4 Å². The molecule has 2 atom stereocenters. The Labute approximate surface area is 162 Å². The van der Waals surface area contributed by atoms with E-state index in [0.717, 1.165) is 18.4 Å². The molecular weight excluding hydrogens is 356 g/mol. The van der Waals surface area contributed by atoms with Gasteiger partial charge in [-0.1, -0.05) is 6.58 Å². The van der Waals surface area contributed by atoms with Gasteiger partial charge in [0, 0.05) is 37.8 Å². The quantitative estimate of drug-likeness (QED) is 0.501. The first-order valence-electron chi connectivity index (χ1n) is 9.24. The van der Waals surface area contributed by atoms with Crippen LogP contribution in [-0.4, -0.2) is 54.1 Å². The maximum absolute atomic E-state index is 13.3. The molecule has 0 aromatic carbocycles. The zero-order chi connectivity index (χ0) is 19.8. The molecule has 1 aliphatic carbocycles. The lowest BCUT2D eigenvalue weighted by atomic mass is 9.98. The Morgan fingerprint density at radius 2 is 2.11 bits per heavy atom. The number of hydrogen-bond donors (Lipinski definition) is 0. The highest BCUT2D eigenvalue weighted by Crippen LogP contribution is 2.32. The maximum atomic E-state index is 13.3. The van der Waals surface area contributed by atoms with Crippen LogP contribution in [0.3, 0.4) is 0 Å². The standard InChI is InChI=1S/C20H22N6O2/c1-4-18(27)25(3)15-6-5-13(9-15)20(28)19-17-7-8-21-26(17)12-16(23-19)14-10-22-24(2)11-14/h4,7-8,10-13,15H,1,5-6,9H2,2-3H3/t13?,15-/m1/s1. The SMILES string of the molecule is C=CC(=O)N(C)[C@@H]1CCC(C(=O)c2nc(-c3cnn(C)c3)cn3nccc23)C1. The van der Waals surface area contributed by atoms with Crippen molar-refractivity contribution in [2.75, 3.05) is 7.05 Å². The number of nitrogens with zero attached hydrogens (tertiary/aromatic N) is 6. The predicted octanol–water partition coefficient (Wildman–Crippen LogP) is 2.13. The van der Waals surface area contributed by atoms with Gasteiger partial charge in [0.1, 0.15) is 5.69 Å². The van der Waals surface area contributed by atoms with Crippen LogP contribution in [0.2, 0.25) is 0 Å². The van der Waals surface area contributed by atoms with E-state index in [9.17, 15) is 9.59 Å². The molecule has 0 spiro atoms. The number of rotatable bonds is 5. The molecule has 1 amide bonds. The van der Waals surface area contributed by atoms with Crippen molar-refractivity contribution in [2.45, 2.75) is 25.3 Å². The number of fused-ring (bicyclic) bond motifs is 1. The first kappa shape index (κ1) is 18.1. The van der Waals surface area contributed by atoms with Crippen LogP contribution in [0.4, 0.5) is 0 Å². The van der Waals surface area contributed by atoms with Crippen LogP contribution in [0.5, 0.6) is 0 Å². The van der Waals surface area contributed by atoms with E-state index in [1.54, 1.807) is 45.8 Å². The number of ketones is 1. The number of hydrogen-bond acceptors (Lipinski definition) is 5. The Morgan fingerprint density at radius 1 is 1.29 bits per heavy atom. The third-order valence-electron chi connectivity index (χ3n) is 5.47. The van der Waals surface area contributed by atoms with Crippen LogP contribution in [-0.2, 0) is 11.8 Å². The van der Waals surface area contributed by atoms with E-state index >= 15 is 0 Å². The molecule has 3 aromatic rings. The lowest BCUT2D eigenvalue weighted by Gasteiger charge is -2.23. The Hall–Kier alpha value is -3.29. The summed E-state index contributed by atoms with van der Waals surface area (Å²) in [6.45, 7) is 3.54. The Kier molecular flexibility index (Phi) is 4.54. The van der Waals surface area contributed by atoms with Gasteiger partial charge in [0.25, 0.3) is 0 Å². The fraction of sp³-hybridized carbons (Fsp3) is 0.350. The normalized spacial score (nSPS) is 19.1. The summed E-state index contributed by atoms with van der Waals surface area (Å²) in [5.74, 6) is -0.286. The van der Waals surface area contributed by atoms with Crippen molar-refractivity contribution in [3.63, 3.8) is 0 Å². The van der Waals surface area contributed by atoms with Crippen LogP contribution in [0.1, 0.15) is 29.8 Å². The summed E-state index contributed by atoms with van der Waals surface area (Å²) in [6.07, 6.45) is 10.5. The van der Waals surface area contributed by atoms with E-state index in [-0.39, 0.29) is 23.7 Å². The molecular formula is C20H22N6O2. The molecule has 0 N–H and O–H groups in total. The van der Waals surface area contributed by atoms with Crippen molar-refractivity contribution in [2.24, 2.45) is 13.0 Å². The average Bonchev–Trinajstić information content (AvgIpc) is 3.45. The molecule has 0 saturated heterocycles. The van der Waals surface area contributed by atoms with Crippen LogP contribution < -0.4 is 0 Å². The van der Waals surface area contributed by atoms with Crippen molar-refractivity contribution >= 4 is 17.2 Å². The monoisotopic (exact) mass is 378 g/mol. The lowest BCUT2D eigenvalue weighted by Crippen LogP contribution is -2.34. The molecule has 0 aliphatic heterocycles. The number of carbonyl (C=O) groups is 2. The molecule has 8 heteroatoms. The molecule has 3 aromatic heterocycles. The van der Waals surface area contributed by atoms with E-state index in [1.165, 1.54) is 6.08 Å². The highest BCUT2D eigenvalue weighted by atomic mass is 16.2. The summed E-state index contributed by atoms with van der Waals surface area (Å²) in [6, 6.07) is 1.84. The van der Waals surface area contributed by atoms with Gasteiger partial charge in [-0.3, -0.25) is 14.3 Å². The first-order chi connectivity index (χ1) is 13.5. The Morgan fingerprint density at radius 3 is 2.82 bits per heavy atom. The Balaban J connectivity index is 1.65. The molecule has 3 heterocycles. The molecule has 0 bridgehead atoms. The highest BCUT2D eigenvalue weighted by Gasteiger charge is 2.35. The van der Waals surface area contributed by atoms with Gasteiger partial charge in [-0.15, -0.1) is 0 Å². The molecule has 0 radical (unpaired) electrons. The fourth-order valence-electron chi connectivity index (χ4n) is 3.87. The summed E-state index contributed by atoms with van der Waals surface area (Å²) in [5, 5.41) is 8.48. The number of carbonyl (C=O) groups excluding carboxylic acids is 2. The van der Waals surface area contributed by atoms with Gasteiger partial charge in [0.05, 0.1) is 29.8 Å². The number of aryl methyl sites for hydroxylation is 1. The zero-order valence-corrected chi connectivity index (χ0v) is 15.9. The van der Waals surface area contributed by atoms with Gasteiger partial charge in [-0.25, -0.2) is 9.50 Å². The molecule has 1 fully saturated rings. The average molecular weight is 378 g/mol. The van der Waals surface area contributed by atoms with Crippen molar-refractivity contribution in [3.8, 4) is 11.3 Å². The minimum atomic E-state index is -0.166. The van der Waals surface area contributed by atoms with Crippen LogP contribution in [0, 0.1) is 5.92 Å². The van der Waals surface area contributed by atoms with Crippen LogP contribution in [0.15, 0.2) is 43.5 Å². The molecule has 1 unspecified atom stereocenters. The van der Waals surface area contributed by atoms with Gasteiger partial charge in [0.15, 0.2) is 5.78 Å². The molecule has 28 heavy (non-hydrogen) atoms. The van der Waals surface area contributed by atoms with Crippen molar-refractivity contribution < 1.29 is 9.59 Å². The third-order valence-corrected chi connectivity index (χ3v) is 5.47. The predicted molar refractivity (Wildman–Crippen MR) is 104 cm³/mol. The van der Waals surface area contributed by atoms with Crippen molar-refractivity contribution in [3.05, 3.63) is 49.2 Å². The second-order valence-electron chi connectivity index (χ2n) is 7.22. The second kappa shape index (κ2) is 7.03. The highest BCUT2D eigenvalue weighted by molar-refractivity contribution is 6.02. The minimum Gasteiger partial charge on any atom is -0.339 e. The summed E-state index contributed by atoms with van der Waals surface area (Å²) in [7, 11) is 3.60. The molecule has 144 valence electrons. The summed E-state index contributed by atoms with van der Waals surface area (Å²) >= 11 is 0. The van der Waals surface area contributed by atoms with E-state index in [1.807, 2.05) is 13.2 Å². The molecule has 8 nitrogen and oxygen atoms in total. The van der Waals surface area contributed by atoms with Crippen molar-refractivity contribution in [1.82, 2.24) is 29.3 Å². The second-order valence-corrected chi connectivity index (χ2v) is 7.22. The summed E-state index contributed by atoms with van der Waals surface area (Å²) < 4.78 is 3.38. The molecule has 4 rings (SSSR count). The minimum absolute atomic E-state index is 0.00167. The number of Topliss-reactive ketones (excluding diaryl/α,β-unsaturated/α-hetero) is 1. The van der Waals surface area contributed by atoms with Crippen LogP contribution >= 0.6 is 0 Å². The number of aromatic nitrogens is 5. The lowest BCUT2D eigenvalue weighted by molar-refractivity contribution is -0.126. The van der Waals surface area contributed by atoms with Gasteiger partial charge in [-0.05, 0) is 31.4 Å². The van der Waals surface area contributed by atoms with E-state index in [4.69, 9.17) is 0 Å². The maximum Gasteiger partial charge on any atom is 0.245 e. The van der Waals surface area contributed by atoms with E-state index in [2.05, 4.69) is 21.8 Å². The van der Waals surface area contributed by atoms with Gasteiger partial charge in [0.2, 0.25) is 5.91 Å². The smallest absolute Gasteiger partial charge is 0.245 e. The largest absolute Gasteiger partial charge is 0.339 e. The number of likely N-dealkylation sites (N-methyl/N-ethyl adjacent to an activating group) is 1.